The van der Waals surface area contributed by atoms with Gasteiger partial charge in [0.1, 0.15) is 6.61 Å². The van der Waals surface area contributed by atoms with Gasteiger partial charge in [-0.05, 0) is 31.4 Å². The van der Waals surface area contributed by atoms with Gasteiger partial charge in [-0.2, -0.15) is 0 Å². The molecule has 1 aromatic carbocycles. The zero-order valence-electron chi connectivity index (χ0n) is 11.0. The third kappa shape index (κ3) is 2.05. The second-order valence-electron chi connectivity index (χ2n) is 4.96. The summed E-state index contributed by atoms with van der Waals surface area (Å²) in [6, 6.07) is 5.02. The fourth-order valence-electron chi connectivity index (χ4n) is 2.34. The molecular weight excluding hydrogens is 260 g/mol. The van der Waals surface area contributed by atoms with Gasteiger partial charge >= 0.3 is 0 Å². The van der Waals surface area contributed by atoms with E-state index in [0.717, 1.165) is 24.0 Å². The summed E-state index contributed by atoms with van der Waals surface area (Å²) in [6.07, 6.45) is 2.09. The van der Waals surface area contributed by atoms with Crippen LogP contribution in [0.4, 0.5) is 5.69 Å². The quantitative estimate of drug-likeness (QED) is 0.679. The van der Waals surface area contributed by atoms with E-state index in [4.69, 9.17) is 0 Å². The van der Waals surface area contributed by atoms with E-state index >= 15 is 0 Å². The van der Waals surface area contributed by atoms with Crippen molar-refractivity contribution >= 4 is 5.69 Å². The predicted molar refractivity (Wildman–Crippen MR) is 71.0 cm³/mol. The second kappa shape index (κ2) is 4.68. The molecule has 1 fully saturated rings. The average molecular weight is 274 g/mol. The lowest BCUT2D eigenvalue weighted by atomic mass is 10.1. The van der Waals surface area contributed by atoms with E-state index in [2.05, 4.69) is 10.2 Å². The van der Waals surface area contributed by atoms with E-state index in [-0.39, 0.29) is 12.3 Å². The number of nitro benzene ring substituents is 1. The summed E-state index contributed by atoms with van der Waals surface area (Å²) in [4.78, 5) is 10.4. The van der Waals surface area contributed by atoms with E-state index in [9.17, 15) is 15.2 Å². The summed E-state index contributed by atoms with van der Waals surface area (Å²) in [5, 5.41) is 28.2. The van der Waals surface area contributed by atoms with Crippen molar-refractivity contribution in [2.45, 2.75) is 32.4 Å². The number of benzene rings is 1. The van der Waals surface area contributed by atoms with Gasteiger partial charge in [0.2, 0.25) is 0 Å². The van der Waals surface area contributed by atoms with Crippen LogP contribution in [0, 0.1) is 17.0 Å². The van der Waals surface area contributed by atoms with Crippen LogP contribution in [0.5, 0.6) is 0 Å². The smallest absolute Gasteiger partial charge is 0.269 e. The van der Waals surface area contributed by atoms with Crippen molar-refractivity contribution < 1.29 is 10.0 Å². The standard InChI is InChI=1S/C13H14N4O3/c1-8-6-10(17(19)20)4-5-11(8)13-15-14-12(7-18)16(13)9-2-3-9/h4-6,9,18H,2-3,7H2,1H3. The van der Waals surface area contributed by atoms with E-state index in [0.29, 0.717) is 17.7 Å². The van der Waals surface area contributed by atoms with Gasteiger partial charge < -0.3 is 9.67 Å². The molecule has 0 amide bonds. The number of hydrogen-bond donors (Lipinski definition) is 1. The van der Waals surface area contributed by atoms with Crippen molar-refractivity contribution in [2.24, 2.45) is 0 Å². The largest absolute Gasteiger partial charge is 0.388 e. The summed E-state index contributed by atoms with van der Waals surface area (Å²) in [6.45, 7) is 1.66. The number of nitro groups is 1. The lowest BCUT2D eigenvalue weighted by Crippen LogP contribution is -2.04. The Labute approximate surface area is 115 Å². The number of non-ortho nitro benzene ring substituents is 1. The molecule has 0 aliphatic heterocycles. The number of aryl methyl sites for hydroxylation is 1. The van der Waals surface area contributed by atoms with Gasteiger partial charge in [0.25, 0.3) is 5.69 Å². The molecule has 0 spiro atoms. The maximum Gasteiger partial charge on any atom is 0.269 e. The van der Waals surface area contributed by atoms with E-state index in [1.807, 2.05) is 11.5 Å². The Morgan fingerprint density at radius 3 is 2.75 bits per heavy atom. The highest BCUT2D eigenvalue weighted by Crippen LogP contribution is 2.39. The van der Waals surface area contributed by atoms with Crippen LogP contribution in [0.3, 0.4) is 0 Å². The SMILES string of the molecule is Cc1cc([N+](=O)[O-])ccc1-c1nnc(CO)n1C1CC1. The highest BCUT2D eigenvalue weighted by atomic mass is 16.6. The molecule has 1 N–H and O–H groups in total. The van der Waals surface area contributed by atoms with E-state index in [1.54, 1.807) is 6.07 Å². The minimum Gasteiger partial charge on any atom is -0.388 e. The van der Waals surface area contributed by atoms with Crippen molar-refractivity contribution in [1.82, 2.24) is 14.8 Å². The fraction of sp³-hybridized carbons (Fsp3) is 0.385. The number of aliphatic hydroxyl groups excluding tert-OH is 1. The molecule has 0 bridgehead atoms. The summed E-state index contributed by atoms with van der Waals surface area (Å²) in [7, 11) is 0. The molecule has 3 rings (SSSR count). The first-order valence-electron chi connectivity index (χ1n) is 6.42. The number of aromatic nitrogens is 3. The third-order valence-corrected chi connectivity index (χ3v) is 3.48. The van der Waals surface area contributed by atoms with Crippen molar-refractivity contribution in [1.29, 1.82) is 0 Å². The van der Waals surface area contributed by atoms with Crippen molar-refractivity contribution in [3.8, 4) is 11.4 Å². The fourth-order valence-corrected chi connectivity index (χ4v) is 2.34. The van der Waals surface area contributed by atoms with Crippen LogP contribution in [0.25, 0.3) is 11.4 Å². The molecule has 1 aromatic heterocycles. The van der Waals surface area contributed by atoms with E-state index < -0.39 is 4.92 Å². The Morgan fingerprint density at radius 2 is 2.20 bits per heavy atom. The summed E-state index contributed by atoms with van der Waals surface area (Å²) < 4.78 is 1.94. The molecule has 0 atom stereocenters. The van der Waals surface area contributed by atoms with Crippen molar-refractivity contribution in [3.63, 3.8) is 0 Å². The normalized spacial score (nSPS) is 14.5. The number of rotatable bonds is 4. The molecule has 7 heteroatoms. The molecule has 1 heterocycles. The molecule has 0 unspecified atom stereocenters. The van der Waals surface area contributed by atoms with Crippen LogP contribution in [0.15, 0.2) is 18.2 Å². The lowest BCUT2D eigenvalue weighted by molar-refractivity contribution is -0.384. The van der Waals surface area contributed by atoms with Crippen LogP contribution in [-0.4, -0.2) is 24.8 Å². The lowest BCUT2D eigenvalue weighted by Gasteiger charge is -2.09. The first-order chi connectivity index (χ1) is 9.61. The topological polar surface area (TPSA) is 94.1 Å². The molecule has 1 saturated carbocycles. The van der Waals surface area contributed by atoms with Crippen LogP contribution in [-0.2, 0) is 6.61 Å². The van der Waals surface area contributed by atoms with Gasteiger partial charge in [-0.15, -0.1) is 10.2 Å². The van der Waals surface area contributed by atoms with Crippen LogP contribution < -0.4 is 0 Å². The Hall–Kier alpha value is -2.28. The third-order valence-electron chi connectivity index (χ3n) is 3.48. The first kappa shape index (κ1) is 12.7. The number of hydrogen-bond acceptors (Lipinski definition) is 5. The average Bonchev–Trinajstić information content (AvgIpc) is 3.18. The van der Waals surface area contributed by atoms with Gasteiger partial charge in [-0.1, -0.05) is 0 Å². The van der Waals surface area contributed by atoms with Gasteiger partial charge in [-0.3, -0.25) is 10.1 Å². The van der Waals surface area contributed by atoms with Crippen molar-refractivity contribution in [3.05, 3.63) is 39.7 Å². The van der Waals surface area contributed by atoms with E-state index in [1.165, 1.54) is 12.1 Å². The second-order valence-corrected chi connectivity index (χ2v) is 4.96. The van der Waals surface area contributed by atoms with Crippen LogP contribution in [0.2, 0.25) is 0 Å². The van der Waals surface area contributed by atoms with Gasteiger partial charge in [-0.25, -0.2) is 0 Å². The molecular formula is C13H14N4O3. The molecule has 0 radical (unpaired) electrons. The van der Waals surface area contributed by atoms with Gasteiger partial charge in [0.15, 0.2) is 11.6 Å². The molecule has 104 valence electrons. The maximum absolute atomic E-state index is 10.8. The Morgan fingerprint density at radius 1 is 1.45 bits per heavy atom. The van der Waals surface area contributed by atoms with Crippen LogP contribution >= 0.6 is 0 Å². The highest BCUT2D eigenvalue weighted by Gasteiger charge is 2.30. The first-order valence-corrected chi connectivity index (χ1v) is 6.42. The maximum atomic E-state index is 10.8. The zero-order chi connectivity index (χ0) is 14.3. The molecule has 1 aliphatic carbocycles. The number of nitrogens with zero attached hydrogens (tertiary/aromatic N) is 4. The molecule has 0 saturated heterocycles. The summed E-state index contributed by atoms with van der Waals surface area (Å²) in [5.74, 6) is 1.21. The molecule has 7 nitrogen and oxygen atoms in total. The zero-order valence-corrected chi connectivity index (χ0v) is 11.0. The minimum atomic E-state index is -0.415. The molecule has 1 aliphatic rings. The number of aliphatic hydroxyl groups is 1. The Balaban J connectivity index is 2.09. The highest BCUT2D eigenvalue weighted by molar-refractivity contribution is 5.63. The Kier molecular flexibility index (Phi) is 2.98. The Bertz CT molecular complexity index is 676. The molecule has 20 heavy (non-hydrogen) atoms. The summed E-state index contributed by atoms with van der Waals surface area (Å²) in [5.41, 5.74) is 1.65. The summed E-state index contributed by atoms with van der Waals surface area (Å²) >= 11 is 0. The monoisotopic (exact) mass is 274 g/mol. The van der Waals surface area contributed by atoms with Gasteiger partial charge in [0.05, 0.1) is 4.92 Å². The predicted octanol–water partition coefficient (Wildman–Crippen LogP) is 1.99. The van der Waals surface area contributed by atoms with Gasteiger partial charge in [0, 0.05) is 23.7 Å². The minimum absolute atomic E-state index is 0.0612. The van der Waals surface area contributed by atoms with Crippen molar-refractivity contribution in [2.75, 3.05) is 0 Å². The van der Waals surface area contributed by atoms with Crippen LogP contribution in [0.1, 0.15) is 30.3 Å². The molecule has 2 aromatic rings.